The minimum Gasteiger partial charge on any atom is -0.491 e. The van der Waals surface area contributed by atoms with Crippen LogP contribution in [0, 0.1) is 6.92 Å². The lowest BCUT2D eigenvalue weighted by atomic mass is 10.2. The summed E-state index contributed by atoms with van der Waals surface area (Å²) in [5.74, 6) is 0.757. The van der Waals surface area contributed by atoms with Crippen LogP contribution < -0.4 is 15.8 Å². The van der Waals surface area contributed by atoms with Crippen molar-refractivity contribution in [2.45, 2.75) is 38.3 Å². The van der Waals surface area contributed by atoms with Gasteiger partial charge in [0.15, 0.2) is 0 Å². The highest BCUT2D eigenvalue weighted by molar-refractivity contribution is 5.89. The second-order valence-corrected chi connectivity index (χ2v) is 5.16. The summed E-state index contributed by atoms with van der Waals surface area (Å²) < 4.78 is 5.63. The Labute approximate surface area is 108 Å². The molecule has 0 bridgehead atoms. The molecule has 1 fully saturated rings. The van der Waals surface area contributed by atoms with E-state index in [-0.39, 0.29) is 11.9 Å². The van der Waals surface area contributed by atoms with Gasteiger partial charge in [0.05, 0.1) is 11.6 Å². The molecule has 1 saturated carbocycles. The fraction of sp³-hybridized carbons (Fsp3) is 0.500. The number of nitrogens with one attached hydrogen (secondary N) is 1. The molecule has 1 aliphatic carbocycles. The van der Waals surface area contributed by atoms with Crippen LogP contribution in [0.25, 0.3) is 0 Å². The van der Waals surface area contributed by atoms with E-state index >= 15 is 0 Å². The van der Waals surface area contributed by atoms with Crippen LogP contribution in [0.4, 0.5) is 0 Å². The number of carbonyl (C=O) groups excluding carboxylic acids is 1. The molecule has 1 aromatic carbocycles. The predicted octanol–water partition coefficient (Wildman–Crippen LogP) is 1.37. The molecule has 0 aromatic heterocycles. The monoisotopic (exact) mass is 248 g/mol. The maximum atomic E-state index is 11.7. The molecule has 0 saturated heterocycles. The van der Waals surface area contributed by atoms with E-state index in [4.69, 9.17) is 10.5 Å². The largest absolute Gasteiger partial charge is 0.491 e. The summed E-state index contributed by atoms with van der Waals surface area (Å²) >= 11 is 0. The van der Waals surface area contributed by atoms with Crippen molar-refractivity contribution in [3.8, 4) is 5.75 Å². The van der Waals surface area contributed by atoms with Gasteiger partial charge in [-0.05, 0) is 44.4 Å². The van der Waals surface area contributed by atoms with E-state index in [1.165, 1.54) is 0 Å². The van der Waals surface area contributed by atoms with Crippen molar-refractivity contribution in [1.82, 2.24) is 5.32 Å². The van der Waals surface area contributed by atoms with Crippen LogP contribution >= 0.6 is 0 Å². The van der Waals surface area contributed by atoms with Gasteiger partial charge in [-0.15, -0.1) is 0 Å². The fourth-order valence-corrected chi connectivity index (χ4v) is 1.70. The summed E-state index contributed by atoms with van der Waals surface area (Å²) in [7, 11) is 0. The smallest absolute Gasteiger partial charge is 0.240 e. The molecule has 1 amide bonds. The van der Waals surface area contributed by atoms with Gasteiger partial charge in [-0.3, -0.25) is 4.79 Å². The highest BCUT2D eigenvalue weighted by Gasteiger charge is 2.46. The van der Waals surface area contributed by atoms with Crippen molar-refractivity contribution in [2.24, 2.45) is 5.73 Å². The summed E-state index contributed by atoms with van der Waals surface area (Å²) in [5, 5.41) is 2.88. The van der Waals surface area contributed by atoms with E-state index in [2.05, 4.69) is 5.32 Å². The molecule has 1 aromatic rings. The van der Waals surface area contributed by atoms with E-state index in [0.717, 1.165) is 24.2 Å². The standard InChI is InChI=1S/C14H20N2O2/c1-10-4-3-5-12(8-10)18-9-11(2)16-13(17)14(15)6-7-14/h3-5,8,11H,6-7,9,15H2,1-2H3,(H,16,17). The van der Waals surface area contributed by atoms with Crippen LogP contribution in [0.5, 0.6) is 5.75 Å². The van der Waals surface area contributed by atoms with Crippen LogP contribution in [0.2, 0.25) is 0 Å². The molecular weight excluding hydrogens is 228 g/mol. The molecule has 98 valence electrons. The van der Waals surface area contributed by atoms with Gasteiger partial charge in [0, 0.05) is 0 Å². The van der Waals surface area contributed by atoms with Crippen molar-refractivity contribution in [1.29, 1.82) is 0 Å². The van der Waals surface area contributed by atoms with Crippen molar-refractivity contribution in [3.05, 3.63) is 29.8 Å². The summed E-state index contributed by atoms with van der Waals surface area (Å²) in [6.07, 6.45) is 1.56. The molecule has 0 heterocycles. The van der Waals surface area contributed by atoms with Crippen molar-refractivity contribution < 1.29 is 9.53 Å². The topological polar surface area (TPSA) is 64.3 Å². The van der Waals surface area contributed by atoms with Crippen molar-refractivity contribution >= 4 is 5.91 Å². The molecular formula is C14H20N2O2. The van der Waals surface area contributed by atoms with Crippen LogP contribution in [0.1, 0.15) is 25.3 Å². The first-order valence-electron chi connectivity index (χ1n) is 6.29. The van der Waals surface area contributed by atoms with Gasteiger partial charge in [-0.25, -0.2) is 0 Å². The molecule has 1 aliphatic rings. The van der Waals surface area contributed by atoms with Crippen LogP contribution in [0.3, 0.4) is 0 Å². The van der Waals surface area contributed by atoms with Gasteiger partial charge in [0.25, 0.3) is 0 Å². The quantitative estimate of drug-likeness (QED) is 0.827. The molecule has 0 spiro atoms. The zero-order valence-corrected chi connectivity index (χ0v) is 10.9. The Balaban J connectivity index is 1.78. The third-order valence-corrected chi connectivity index (χ3v) is 3.11. The molecule has 0 radical (unpaired) electrons. The second-order valence-electron chi connectivity index (χ2n) is 5.16. The normalized spacial score (nSPS) is 17.9. The average Bonchev–Trinajstić information content (AvgIpc) is 3.06. The predicted molar refractivity (Wildman–Crippen MR) is 70.4 cm³/mol. The second kappa shape index (κ2) is 4.98. The zero-order chi connectivity index (χ0) is 13.2. The molecule has 1 atom stereocenters. The Morgan fingerprint density at radius 1 is 1.56 bits per heavy atom. The van der Waals surface area contributed by atoms with Gasteiger partial charge in [0.2, 0.25) is 5.91 Å². The van der Waals surface area contributed by atoms with Crippen molar-refractivity contribution in [2.75, 3.05) is 6.61 Å². The van der Waals surface area contributed by atoms with E-state index in [0.29, 0.717) is 6.61 Å². The number of rotatable bonds is 5. The highest BCUT2D eigenvalue weighted by Crippen LogP contribution is 2.32. The third kappa shape index (κ3) is 3.23. The third-order valence-electron chi connectivity index (χ3n) is 3.11. The van der Waals surface area contributed by atoms with Crippen LogP contribution in [-0.2, 0) is 4.79 Å². The van der Waals surface area contributed by atoms with E-state index in [9.17, 15) is 4.79 Å². The van der Waals surface area contributed by atoms with E-state index in [1.54, 1.807) is 0 Å². The first kappa shape index (κ1) is 12.9. The lowest BCUT2D eigenvalue weighted by Crippen LogP contribution is -2.47. The molecule has 0 aliphatic heterocycles. The highest BCUT2D eigenvalue weighted by atomic mass is 16.5. The lowest BCUT2D eigenvalue weighted by molar-refractivity contribution is -0.124. The minimum absolute atomic E-state index is 0.0426. The number of nitrogens with two attached hydrogens (primary N) is 1. The molecule has 2 rings (SSSR count). The van der Waals surface area contributed by atoms with Crippen molar-refractivity contribution in [3.63, 3.8) is 0 Å². The summed E-state index contributed by atoms with van der Waals surface area (Å²) in [5.41, 5.74) is 6.35. The number of hydrogen-bond donors (Lipinski definition) is 2. The van der Waals surface area contributed by atoms with Crippen LogP contribution in [0.15, 0.2) is 24.3 Å². The van der Waals surface area contributed by atoms with Gasteiger partial charge in [0.1, 0.15) is 12.4 Å². The SMILES string of the molecule is Cc1cccc(OCC(C)NC(=O)C2(N)CC2)c1. The molecule has 4 nitrogen and oxygen atoms in total. The summed E-state index contributed by atoms with van der Waals surface area (Å²) in [4.78, 5) is 11.7. The number of amides is 1. The molecule has 1 unspecified atom stereocenters. The first-order chi connectivity index (χ1) is 8.49. The number of ether oxygens (including phenoxy) is 1. The molecule has 18 heavy (non-hydrogen) atoms. The zero-order valence-electron chi connectivity index (χ0n) is 10.9. The number of benzene rings is 1. The van der Waals surface area contributed by atoms with Crippen LogP contribution in [-0.4, -0.2) is 24.1 Å². The van der Waals surface area contributed by atoms with E-state index < -0.39 is 5.54 Å². The molecule has 4 heteroatoms. The van der Waals surface area contributed by atoms with Gasteiger partial charge in [-0.1, -0.05) is 12.1 Å². The maximum Gasteiger partial charge on any atom is 0.240 e. The number of hydrogen-bond acceptors (Lipinski definition) is 3. The Morgan fingerprint density at radius 2 is 2.28 bits per heavy atom. The summed E-state index contributed by atoms with van der Waals surface area (Å²) in [6.45, 7) is 4.38. The van der Waals surface area contributed by atoms with Gasteiger partial charge >= 0.3 is 0 Å². The Morgan fingerprint density at radius 3 is 2.89 bits per heavy atom. The van der Waals surface area contributed by atoms with Gasteiger partial charge in [-0.2, -0.15) is 0 Å². The Bertz CT molecular complexity index is 441. The Kier molecular flexibility index (Phi) is 3.57. The number of carbonyl (C=O) groups is 1. The lowest BCUT2D eigenvalue weighted by Gasteiger charge is -2.17. The van der Waals surface area contributed by atoms with Gasteiger partial charge < -0.3 is 15.8 Å². The Hall–Kier alpha value is -1.55. The average molecular weight is 248 g/mol. The minimum atomic E-state index is -0.613. The first-order valence-corrected chi connectivity index (χ1v) is 6.29. The fourth-order valence-electron chi connectivity index (χ4n) is 1.70. The maximum absolute atomic E-state index is 11.7. The molecule has 3 N–H and O–H groups in total. The number of aryl methyl sites for hydroxylation is 1. The van der Waals surface area contributed by atoms with E-state index in [1.807, 2.05) is 38.1 Å². The summed E-state index contributed by atoms with van der Waals surface area (Å²) in [6, 6.07) is 7.81.